The first-order valence-corrected chi connectivity index (χ1v) is 7.69. The molecule has 2 rings (SSSR count). The van der Waals surface area contributed by atoms with E-state index in [4.69, 9.17) is 0 Å². The molecule has 1 aromatic rings. The van der Waals surface area contributed by atoms with Crippen molar-refractivity contribution >= 4 is 15.7 Å². The molecule has 0 amide bonds. The lowest BCUT2D eigenvalue weighted by Gasteiger charge is -2.37. The van der Waals surface area contributed by atoms with E-state index in [1.54, 1.807) is 6.20 Å². The quantitative estimate of drug-likeness (QED) is 0.729. The van der Waals surface area contributed by atoms with Crippen molar-refractivity contribution < 1.29 is 8.42 Å². The third kappa shape index (κ3) is 2.46. The number of nitrogens with zero attached hydrogens (tertiary/aromatic N) is 4. The Bertz CT molecular complexity index is 556. The molecular formula is C11H18N4O2S. The minimum Gasteiger partial charge on any atom is -0.346 e. The molecule has 0 spiro atoms. The number of hydrogen-bond donors (Lipinski definition) is 0. The summed E-state index contributed by atoms with van der Waals surface area (Å²) in [4.78, 5) is 12.3. The van der Waals surface area contributed by atoms with E-state index in [0.29, 0.717) is 11.9 Å². The van der Waals surface area contributed by atoms with Crippen LogP contribution >= 0.6 is 0 Å². The molecule has 100 valence electrons. The maximum absolute atomic E-state index is 11.4. The van der Waals surface area contributed by atoms with Crippen LogP contribution < -0.4 is 4.90 Å². The van der Waals surface area contributed by atoms with Gasteiger partial charge in [-0.3, -0.25) is 4.90 Å². The topological polar surface area (TPSA) is 66.4 Å². The van der Waals surface area contributed by atoms with Crippen molar-refractivity contribution in [2.45, 2.75) is 31.6 Å². The molecule has 6 nitrogen and oxygen atoms in total. The summed E-state index contributed by atoms with van der Waals surface area (Å²) in [6.07, 6.45) is 2.74. The lowest BCUT2D eigenvalue weighted by atomic mass is 10.2. The first-order chi connectivity index (χ1) is 8.29. The third-order valence-corrected chi connectivity index (χ3v) is 3.87. The fraction of sp³-hybridized carbons (Fsp3) is 0.636. The molecule has 7 heteroatoms. The molecule has 0 unspecified atom stereocenters. The minimum absolute atomic E-state index is 0.105. The summed E-state index contributed by atoms with van der Waals surface area (Å²) in [7, 11) is -1.44. The van der Waals surface area contributed by atoms with Crippen molar-refractivity contribution in [1.29, 1.82) is 0 Å². The van der Waals surface area contributed by atoms with E-state index < -0.39 is 9.84 Å². The highest BCUT2D eigenvalue weighted by Crippen LogP contribution is 2.25. The van der Waals surface area contributed by atoms with Crippen LogP contribution in [-0.4, -0.2) is 49.3 Å². The second-order valence-corrected chi connectivity index (χ2v) is 6.86. The van der Waals surface area contributed by atoms with Crippen molar-refractivity contribution in [3.05, 3.63) is 11.8 Å². The maximum Gasteiger partial charge on any atom is 0.248 e. The van der Waals surface area contributed by atoms with Gasteiger partial charge in [0.05, 0.1) is 6.67 Å². The van der Waals surface area contributed by atoms with Crippen LogP contribution in [0.25, 0.3) is 0 Å². The van der Waals surface area contributed by atoms with Gasteiger partial charge in [0.15, 0.2) is 0 Å². The van der Waals surface area contributed by atoms with E-state index in [-0.39, 0.29) is 5.16 Å². The van der Waals surface area contributed by atoms with E-state index in [1.165, 1.54) is 0 Å². The summed E-state index contributed by atoms with van der Waals surface area (Å²) in [6.45, 7) is 5.75. The van der Waals surface area contributed by atoms with E-state index in [0.717, 1.165) is 25.0 Å². The summed E-state index contributed by atoms with van der Waals surface area (Å²) < 4.78 is 22.9. The van der Waals surface area contributed by atoms with Gasteiger partial charge in [0.25, 0.3) is 0 Å². The number of sulfone groups is 1. The van der Waals surface area contributed by atoms with Crippen LogP contribution in [-0.2, 0) is 16.4 Å². The van der Waals surface area contributed by atoms with Gasteiger partial charge in [-0.2, -0.15) is 0 Å². The molecule has 0 saturated carbocycles. The summed E-state index contributed by atoms with van der Waals surface area (Å²) in [6, 6.07) is 0.426. The van der Waals surface area contributed by atoms with Crippen molar-refractivity contribution in [3.63, 3.8) is 0 Å². The standard InChI is InChI=1S/C11H18N4O2S/c1-8(2)15-6-9-5-12-11(18(4,16)17)13-10(9)14(3)7-15/h5,8H,6-7H2,1-4H3. The van der Waals surface area contributed by atoms with Gasteiger partial charge in [0, 0.05) is 37.7 Å². The van der Waals surface area contributed by atoms with Crippen molar-refractivity contribution in [2.75, 3.05) is 24.9 Å². The van der Waals surface area contributed by atoms with Gasteiger partial charge in [0.1, 0.15) is 5.82 Å². The Kier molecular flexibility index (Phi) is 3.29. The minimum atomic E-state index is -3.35. The Labute approximate surface area is 108 Å². The third-order valence-electron chi connectivity index (χ3n) is 3.01. The van der Waals surface area contributed by atoms with Gasteiger partial charge < -0.3 is 4.90 Å². The number of aromatic nitrogens is 2. The molecule has 0 N–H and O–H groups in total. The van der Waals surface area contributed by atoms with Gasteiger partial charge in [-0.15, -0.1) is 0 Å². The first kappa shape index (κ1) is 13.2. The normalized spacial score (nSPS) is 17.1. The van der Waals surface area contributed by atoms with Crippen LogP contribution in [0.3, 0.4) is 0 Å². The predicted molar refractivity (Wildman–Crippen MR) is 69.1 cm³/mol. The van der Waals surface area contributed by atoms with Gasteiger partial charge in [-0.25, -0.2) is 18.4 Å². The fourth-order valence-electron chi connectivity index (χ4n) is 1.96. The van der Waals surface area contributed by atoms with Crippen molar-refractivity contribution in [3.8, 4) is 0 Å². The second kappa shape index (κ2) is 4.47. The Morgan fingerprint density at radius 3 is 2.61 bits per heavy atom. The average Bonchev–Trinajstić information content (AvgIpc) is 2.27. The fourth-order valence-corrected chi connectivity index (χ4v) is 2.45. The Hall–Kier alpha value is -1.21. The Morgan fingerprint density at radius 2 is 2.06 bits per heavy atom. The van der Waals surface area contributed by atoms with Crippen LogP contribution in [0.5, 0.6) is 0 Å². The zero-order valence-corrected chi connectivity index (χ0v) is 11.9. The molecule has 0 aliphatic carbocycles. The highest BCUT2D eigenvalue weighted by atomic mass is 32.2. The molecule has 0 fully saturated rings. The monoisotopic (exact) mass is 270 g/mol. The van der Waals surface area contributed by atoms with Gasteiger partial charge >= 0.3 is 0 Å². The van der Waals surface area contributed by atoms with E-state index >= 15 is 0 Å². The molecule has 1 aromatic heterocycles. The SMILES string of the molecule is CC(C)N1Cc2cnc(S(C)(=O)=O)nc2N(C)C1. The lowest BCUT2D eigenvalue weighted by molar-refractivity contribution is 0.204. The zero-order valence-electron chi connectivity index (χ0n) is 11.1. The first-order valence-electron chi connectivity index (χ1n) is 5.80. The number of hydrogen-bond acceptors (Lipinski definition) is 6. The van der Waals surface area contributed by atoms with Crippen LogP contribution in [0, 0.1) is 0 Å². The van der Waals surface area contributed by atoms with E-state index in [1.807, 2.05) is 11.9 Å². The van der Waals surface area contributed by atoms with Gasteiger partial charge in [-0.05, 0) is 13.8 Å². The molecular weight excluding hydrogens is 252 g/mol. The molecule has 0 aromatic carbocycles. The molecule has 1 aliphatic rings. The molecule has 0 saturated heterocycles. The Balaban J connectivity index is 2.41. The molecule has 0 atom stereocenters. The van der Waals surface area contributed by atoms with Crippen LogP contribution in [0.15, 0.2) is 11.4 Å². The molecule has 1 aliphatic heterocycles. The van der Waals surface area contributed by atoms with Crippen LogP contribution in [0.1, 0.15) is 19.4 Å². The summed E-state index contributed by atoms with van der Waals surface area (Å²) in [5, 5.41) is -0.105. The summed E-state index contributed by atoms with van der Waals surface area (Å²) in [5.74, 6) is 0.710. The van der Waals surface area contributed by atoms with Crippen LogP contribution in [0.2, 0.25) is 0 Å². The van der Waals surface area contributed by atoms with E-state index in [9.17, 15) is 8.42 Å². The zero-order chi connectivity index (χ0) is 13.5. The number of rotatable bonds is 2. The van der Waals surface area contributed by atoms with Crippen molar-refractivity contribution in [1.82, 2.24) is 14.9 Å². The largest absolute Gasteiger partial charge is 0.346 e. The number of fused-ring (bicyclic) bond motifs is 1. The highest BCUT2D eigenvalue weighted by molar-refractivity contribution is 7.90. The molecule has 0 bridgehead atoms. The lowest BCUT2D eigenvalue weighted by Crippen LogP contribution is -2.44. The summed E-state index contributed by atoms with van der Waals surface area (Å²) in [5.41, 5.74) is 0.963. The molecule has 0 radical (unpaired) electrons. The van der Waals surface area contributed by atoms with Crippen LogP contribution in [0.4, 0.5) is 5.82 Å². The van der Waals surface area contributed by atoms with Gasteiger partial charge in [0.2, 0.25) is 15.0 Å². The maximum atomic E-state index is 11.4. The Morgan fingerprint density at radius 1 is 1.39 bits per heavy atom. The number of anilines is 1. The molecule has 18 heavy (non-hydrogen) atoms. The second-order valence-electron chi connectivity index (χ2n) is 4.95. The highest BCUT2D eigenvalue weighted by Gasteiger charge is 2.25. The van der Waals surface area contributed by atoms with E-state index in [2.05, 4.69) is 28.7 Å². The predicted octanol–water partition coefficient (Wildman–Crippen LogP) is 0.498. The average molecular weight is 270 g/mol. The molecule has 2 heterocycles. The smallest absolute Gasteiger partial charge is 0.248 e. The van der Waals surface area contributed by atoms with Crippen molar-refractivity contribution in [2.24, 2.45) is 0 Å². The van der Waals surface area contributed by atoms with Gasteiger partial charge in [-0.1, -0.05) is 0 Å². The summed E-state index contributed by atoms with van der Waals surface area (Å²) >= 11 is 0.